The zero-order valence-electron chi connectivity index (χ0n) is 26.0. The normalized spacial score (nSPS) is 13.2. The summed E-state index contributed by atoms with van der Waals surface area (Å²) in [4.78, 5) is 0. The molecule has 0 aromatic carbocycles. The van der Waals surface area contributed by atoms with E-state index in [4.69, 9.17) is 11.2 Å². The predicted molar refractivity (Wildman–Crippen MR) is 175 cm³/mol. The van der Waals surface area contributed by atoms with Crippen molar-refractivity contribution in [3.05, 3.63) is 0 Å². The predicted octanol–water partition coefficient (Wildman–Crippen LogP) is 13.9. The third-order valence-electron chi connectivity index (χ3n) is 8.78. The Kier molecular flexibility index (Phi) is 26.5. The summed E-state index contributed by atoms with van der Waals surface area (Å²) >= 11 is 8.02. The first kappa shape index (κ1) is 36.7. The van der Waals surface area contributed by atoms with E-state index in [0.29, 0.717) is 0 Å². The van der Waals surface area contributed by atoms with Crippen LogP contribution in [0, 0.1) is 0 Å². The molecule has 0 bridgehead atoms. The second-order valence-corrected chi connectivity index (χ2v) is 20.8. The fourth-order valence-electron chi connectivity index (χ4n) is 6.17. The SMILES string of the molecule is CCCCCCCCCCCCP(Cl)(CCCCC)(CCCCC)CCCCCCCCCCCC. The van der Waals surface area contributed by atoms with Gasteiger partial charge in [0.05, 0.1) is 0 Å². The number of rotatable bonds is 30. The van der Waals surface area contributed by atoms with Crippen molar-refractivity contribution in [1.82, 2.24) is 0 Å². The van der Waals surface area contributed by atoms with E-state index >= 15 is 0 Å². The van der Waals surface area contributed by atoms with Gasteiger partial charge >= 0.3 is 236 Å². The topological polar surface area (TPSA) is 0 Å². The Hall–Kier alpha value is 0.720. The molecule has 0 saturated carbocycles. The van der Waals surface area contributed by atoms with Gasteiger partial charge < -0.3 is 0 Å². The number of halogens is 1. The Balaban J connectivity index is 4.56. The Morgan fingerprint density at radius 3 is 0.694 bits per heavy atom. The summed E-state index contributed by atoms with van der Waals surface area (Å²) in [6.07, 6.45) is 42.5. The molecule has 0 nitrogen and oxygen atoms in total. The van der Waals surface area contributed by atoms with Gasteiger partial charge in [0.25, 0.3) is 0 Å². The molecule has 220 valence electrons. The van der Waals surface area contributed by atoms with Crippen LogP contribution in [0.25, 0.3) is 0 Å². The summed E-state index contributed by atoms with van der Waals surface area (Å²) in [6.45, 7) is 9.33. The molecule has 0 saturated heterocycles. The van der Waals surface area contributed by atoms with Crippen molar-refractivity contribution in [2.75, 3.05) is 24.6 Å². The molecule has 0 unspecified atom stereocenters. The van der Waals surface area contributed by atoms with Crippen molar-refractivity contribution >= 4 is 17.2 Å². The summed E-state index contributed by atoms with van der Waals surface area (Å²) in [5.41, 5.74) is 0. The molecule has 0 atom stereocenters. The quantitative estimate of drug-likeness (QED) is 0.0620. The molecule has 0 aliphatic rings. The molecule has 36 heavy (non-hydrogen) atoms. The minimum absolute atomic E-state index is 1.33. The molecule has 0 aliphatic heterocycles. The van der Waals surface area contributed by atoms with Gasteiger partial charge in [-0.15, -0.1) is 0 Å². The van der Waals surface area contributed by atoms with Gasteiger partial charge in [-0.05, 0) is 0 Å². The number of hydrogen-bond acceptors (Lipinski definition) is 0. The molecule has 0 aromatic heterocycles. The van der Waals surface area contributed by atoms with E-state index in [1.165, 1.54) is 192 Å². The van der Waals surface area contributed by atoms with Crippen LogP contribution in [0.5, 0.6) is 0 Å². The van der Waals surface area contributed by atoms with Gasteiger partial charge in [-0.25, -0.2) is 0 Å². The summed E-state index contributed by atoms with van der Waals surface area (Å²) < 4.78 is 0. The van der Waals surface area contributed by atoms with Crippen LogP contribution in [0.3, 0.4) is 0 Å². The molecule has 0 heterocycles. The summed E-state index contributed by atoms with van der Waals surface area (Å²) in [6, 6.07) is 0. The van der Waals surface area contributed by atoms with Crippen LogP contribution >= 0.6 is 17.2 Å². The summed E-state index contributed by atoms with van der Waals surface area (Å²) in [5.74, 6) is -2.07. The molecule has 0 spiro atoms. The van der Waals surface area contributed by atoms with Crippen LogP contribution in [0.15, 0.2) is 0 Å². The fourth-order valence-corrected chi connectivity index (χ4v) is 13.0. The van der Waals surface area contributed by atoms with E-state index in [1.54, 1.807) is 0 Å². The molecule has 0 radical (unpaired) electrons. The summed E-state index contributed by atoms with van der Waals surface area (Å²) in [5, 5.41) is 0. The Morgan fingerprint density at radius 2 is 0.444 bits per heavy atom. The maximum atomic E-state index is 8.02. The molecular formula is C34H72ClP. The van der Waals surface area contributed by atoms with Crippen LogP contribution in [0.2, 0.25) is 0 Å². The van der Waals surface area contributed by atoms with E-state index in [-0.39, 0.29) is 0 Å². The molecule has 0 rings (SSSR count). The third-order valence-corrected chi connectivity index (χ3v) is 16.5. The molecule has 0 amide bonds. The van der Waals surface area contributed by atoms with Gasteiger partial charge in [0.1, 0.15) is 0 Å². The molecule has 0 N–H and O–H groups in total. The Morgan fingerprint density at radius 1 is 0.278 bits per heavy atom. The van der Waals surface area contributed by atoms with Crippen LogP contribution in [0.1, 0.15) is 195 Å². The Bertz CT molecular complexity index is 397. The van der Waals surface area contributed by atoms with Gasteiger partial charge in [0, 0.05) is 0 Å². The van der Waals surface area contributed by atoms with Gasteiger partial charge in [0.2, 0.25) is 0 Å². The average Bonchev–Trinajstić information content (AvgIpc) is 2.87. The average molecular weight is 547 g/mol. The first-order valence-corrected chi connectivity index (χ1v) is 21.1. The second kappa shape index (κ2) is 26.0. The first-order chi connectivity index (χ1) is 17.5. The van der Waals surface area contributed by atoms with E-state index in [1.807, 2.05) is 0 Å². The first-order valence-electron chi connectivity index (χ1n) is 17.3. The van der Waals surface area contributed by atoms with E-state index < -0.39 is 5.96 Å². The van der Waals surface area contributed by atoms with Gasteiger partial charge in [-0.2, -0.15) is 0 Å². The van der Waals surface area contributed by atoms with Crippen LogP contribution in [-0.4, -0.2) is 24.6 Å². The van der Waals surface area contributed by atoms with Crippen molar-refractivity contribution in [3.8, 4) is 0 Å². The van der Waals surface area contributed by atoms with Crippen molar-refractivity contribution in [2.24, 2.45) is 0 Å². The van der Waals surface area contributed by atoms with E-state index in [2.05, 4.69) is 27.7 Å². The molecule has 0 fully saturated rings. The standard InChI is InChI=1S/C34H72ClP/c1-5-9-13-15-17-19-21-23-25-29-33-36(35,31-27-11-7-3,32-28-12-8-4)34-30-26-24-22-20-18-16-14-10-6-2/h5-34H2,1-4H3. The van der Waals surface area contributed by atoms with Crippen molar-refractivity contribution in [2.45, 2.75) is 195 Å². The minimum atomic E-state index is -2.07. The van der Waals surface area contributed by atoms with Gasteiger partial charge in [-0.1, -0.05) is 0 Å². The maximum absolute atomic E-state index is 8.02. The molecule has 2 heteroatoms. The zero-order valence-corrected chi connectivity index (χ0v) is 27.7. The Labute approximate surface area is 236 Å². The fraction of sp³-hybridized carbons (Fsp3) is 1.00. The van der Waals surface area contributed by atoms with Crippen LogP contribution in [0.4, 0.5) is 0 Å². The number of hydrogen-bond donors (Lipinski definition) is 0. The second-order valence-electron chi connectivity index (χ2n) is 12.5. The molecular weight excluding hydrogens is 475 g/mol. The molecule has 0 aliphatic carbocycles. The van der Waals surface area contributed by atoms with Crippen molar-refractivity contribution in [1.29, 1.82) is 0 Å². The molecule has 0 aromatic rings. The van der Waals surface area contributed by atoms with E-state index in [0.717, 1.165) is 0 Å². The zero-order chi connectivity index (χ0) is 26.7. The van der Waals surface area contributed by atoms with Crippen LogP contribution < -0.4 is 0 Å². The van der Waals surface area contributed by atoms with Gasteiger partial charge in [-0.3, -0.25) is 0 Å². The van der Waals surface area contributed by atoms with Crippen molar-refractivity contribution in [3.63, 3.8) is 0 Å². The monoisotopic (exact) mass is 547 g/mol. The third kappa shape index (κ3) is 21.6. The summed E-state index contributed by atoms with van der Waals surface area (Å²) in [7, 11) is 0. The van der Waals surface area contributed by atoms with Crippen molar-refractivity contribution < 1.29 is 0 Å². The number of unbranched alkanes of at least 4 members (excludes halogenated alkanes) is 22. The van der Waals surface area contributed by atoms with E-state index in [9.17, 15) is 0 Å². The van der Waals surface area contributed by atoms with Gasteiger partial charge in [0.15, 0.2) is 0 Å². The van der Waals surface area contributed by atoms with Crippen LogP contribution in [-0.2, 0) is 0 Å².